The summed E-state index contributed by atoms with van der Waals surface area (Å²) < 4.78 is 0. The fourth-order valence-corrected chi connectivity index (χ4v) is 2.04. The normalized spacial score (nSPS) is 26.3. The molecule has 1 unspecified atom stereocenters. The minimum atomic E-state index is 0.462. The molecule has 1 aliphatic rings. The highest BCUT2D eigenvalue weighted by Gasteiger charge is 2.31. The number of guanidine groups is 1. The lowest BCUT2D eigenvalue weighted by molar-refractivity contribution is 0.372. The van der Waals surface area contributed by atoms with Crippen LogP contribution in [0.1, 0.15) is 40.0 Å². The Labute approximate surface area is 86.3 Å². The molecule has 0 bridgehead atoms. The number of nitrogens with two attached hydrogens (primary N) is 1. The van der Waals surface area contributed by atoms with Crippen LogP contribution in [0.3, 0.4) is 0 Å². The first-order valence-corrected chi connectivity index (χ1v) is 5.35. The van der Waals surface area contributed by atoms with Gasteiger partial charge in [0, 0.05) is 12.6 Å². The predicted molar refractivity (Wildman–Crippen MR) is 59.9 cm³/mol. The summed E-state index contributed by atoms with van der Waals surface area (Å²) in [6.45, 7) is 7.36. The van der Waals surface area contributed by atoms with Crippen molar-refractivity contribution in [2.45, 2.75) is 46.1 Å². The lowest BCUT2D eigenvalue weighted by Gasteiger charge is -2.19. The SMILES string of the molecule is CCN=C(NN)NC1CCC(C)(C)C1. The monoisotopic (exact) mass is 198 g/mol. The van der Waals surface area contributed by atoms with Crippen LogP contribution in [-0.2, 0) is 0 Å². The van der Waals surface area contributed by atoms with Gasteiger partial charge in [0.2, 0.25) is 5.96 Å². The molecule has 1 rings (SSSR count). The number of nitrogens with zero attached hydrogens (tertiary/aromatic N) is 1. The van der Waals surface area contributed by atoms with E-state index in [0.717, 1.165) is 12.5 Å². The van der Waals surface area contributed by atoms with Crippen LogP contribution in [0, 0.1) is 5.41 Å². The molecule has 0 amide bonds. The topological polar surface area (TPSA) is 62.4 Å². The van der Waals surface area contributed by atoms with Gasteiger partial charge in [-0.3, -0.25) is 10.4 Å². The maximum Gasteiger partial charge on any atom is 0.205 e. The fraction of sp³-hybridized carbons (Fsp3) is 0.900. The van der Waals surface area contributed by atoms with Crippen LogP contribution in [0.15, 0.2) is 4.99 Å². The molecule has 0 heterocycles. The second kappa shape index (κ2) is 4.64. The molecule has 0 radical (unpaired) electrons. The van der Waals surface area contributed by atoms with Crippen molar-refractivity contribution in [3.05, 3.63) is 0 Å². The maximum absolute atomic E-state index is 5.36. The van der Waals surface area contributed by atoms with Gasteiger partial charge in [0.1, 0.15) is 0 Å². The van der Waals surface area contributed by atoms with Gasteiger partial charge in [-0.2, -0.15) is 0 Å². The molecule has 4 nitrogen and oxygen atoms in total. The summed E-state index contributed by atoms with van der Waals surface area (Å²) >= 11 is 0. The maximum atomic E-state index is 5.36. The average molecular weight is 198 g/mol. The Balaban J connectivity index is 2.42. The lowest BCUT2D eigenvalue weighted by Crippen LogP contribution is -2.45. The molecule has 1 fully saturated rings. The number of nitrogens with one attached hydrogen (secondary N) is 2. The van der Waals surface area contributed by atoms with Gasteiger partial charge < -0.3 is 5.32 Å². The van der Waals surface area contributed by atoms with Crippen molar-refractivity contribution < 1.29 is 0 Å². The largest absolute Gasteiger partial charge is 0.353 e. The van der Waals surface area contributed by atoms with Gasteiger partial charge >= 0.3 is 0 Å². The van der Waals surface area contributed by atoms with E-state index in [1.165, 1.54) is 19.3 Å². The van der Waals surface area contributed by atoms with Gasteiger partial charge in [-0.1, -0.05) is 13.8 Å². The molecule has 1 atom stereocenters. The van der Waals surface area contributed by atoms with E-state index < -0.39 is 0 Å². The zero-order valence-electron chi connectivity index (χ0n) is 9.43. The number of aliphatic imine (C=N–C) groups is 1. The summed E-state index contributed by atoms with van der Waals surface area (Å²) in [5, 5.41) is 3.34. The van der Waals surface area contributed by atoms with E-state index in [9.17, 15) is 0 Å². The second-order valence-electron chi connectivity index (χ2n) is 4.72. The van der Waals surface area contributed by atoms with Crippen molar-refractivity contribution in [3.8, 4) is 0 Å². The first kappa shape index (κ1) is 11.3. The molecule has 0 spiro atoms. The van der Waals surface area contributed by atoms with Gasteiger partial charge in [-0.05, 0) is 31.6 Å². The van der Waals surface area contributed by atoms with E-state index in [4.69, 9.17) is 5.84 Å². The van der Waals surface area contributed by atoms with Crippen LogP contribution in [0.25, 0.3) is 0 Å². The van der Waals surface area contributed by atoms with Crippen LogP contribution in [0.5, 0.6) is 0 Å². The van der Waals surface area contributed by atoms with Crippen molar-refractivity contribution in [3.63, 3.8) is 0 Å². The molecule has 1 saturated carbocycles. The van der Waals surface area contributed by atoms with E-state index in [0.29, 0.717) is 11.5 Å². The standard InChI is InChI=1S/C10H22N4/c1-4-12-9(14-11)13-8-5-6-10(2,3)7-8/h8H,4-7,11H2,1-3H3,(H2,12,13,14). The van der Waals surface area contributed by atoms with Gasteiger partial charge in [0.05, 0.1) is 0 Å². The molecule has 4 N–H and O–H groups in total. The van der Waals surface area contributed by atoms with Gasteiger partial charge in [0.15, 0.2) is 0 Å². The fourth-order valence-electron chi connectivity index (χ4n) is 2.04. The first-order valence-electron chi connectivity index (χ1n) is 5.35. The lowest BCUT2D eigenvalue weighted by atomic mass is 9.92. The van der Waals surface area contributed by atoms with Crippen molar-refractivity contribution in [2.75, 3.05) is 6.54 Å². The molecule has 4 heteroatoms. The van der Waals surface area contributed by atoms with Crippen LogP contribution in [0.2, 0.25) is 0 Å². The highest BCUT2D eigenvalue weighted by atomic mass is 15.3. The zero-order chi connectivity index (χ0) is 10.6. The van der Waals surface area contributed by atoms with E-state index in [2.05, 4.69) is 29.6 Å². The number of hydrogen-bond acceptors (Lipinski definition) is 2. The Morgan fingerprint density at radius 2 is 2.29 bits per heavy atom. The molecular weight excluding hydrogens is 176 g/mol. The predicted octanol–water partition coefficient (Wildman–Crippen LogP) is 0.994. The Hall–Kier alpha value is -0.770. The summed E-state index contributed by atoms with van der Waals surface area (Å²) in [6.07, 6.45) is 3.67. The molecule has 0 aromatic carbocycles. The summed E-state index contributed by atoms with van der Waals surface area (Å²) in [6, 6.07) is 0.520. The smallest absolute Gasteiger partial charge is 0.205 e. The van der Waals surface area contributed by atoms with Gasteiger partial charge in [-0.25, -0.2) is 5.84 Å². The first-order chi connectivity index (χ1) is 6.57. The number of hydrogen-bond donors (Lipinski definition) is 3. The molecular formula is C10H22N4. The highest BCUT2D eigenvalue weighted by Crippen LogP contribution is 2.36. The highest BCUT2D eigenvalue weighted by molar-refractivity contribution is 5.79. The number of hydrazine groups is 1. The minimum Gasteiger partial charge on any atom is -0.353 e. The molecule has 0 aromatic rings. The van der Waals surface area contributed by atoms with E-state index in [-0.39, 0.29) is 0 Å². The molecule has 1 aliphatic carbocycles. The van der Waals surface area contributed by atoms with Crippen LogP contribution >= 0.6 is 0 Å². The summed E-state index contributed by atoms with van der Waals surface area (Å²) in [5.41, 5.74) is 3.06. The van der Waals surface area contributed by atoms with Crippen molar-refractivity contribution in [1.29, 1.82) is 0 Å². The zero-order valence-corrected chi connectivity index (χ0v) is 9.43. The third kappa shape index (κ3) is 3.18. The Morgan fingerprint density at radius 3 is 2.71 bits per heavy atom. The summed E-state index contributed by atoms with van der Waals surface area (Å²) in [7, 11) is 0. The summed E-state index contributed by atoms with van der Waals surface area (Å²) in [4.78, 5) is 4.22. The molecule has 0 saturated heterocycles. The molecule has 0 aromatic heterocycles. The second-order valence-corrected chi connectivity index (χ2v) is 4.72. The third-order valence-corrected chi connectivity index (χ3v) is 2.76. The van der Waals surface area contributed by atoms with Crippen molar-refractivity contribution in [1.82, 2.24) is 10.7 Å². The quantitative estimate of drug-likeness (QED) is 0.268. The Morgan fingerprint density at radius 1 is 1.57 bits per heavy atom. The average Bonchev–Trinajstić information content (AvgIpc) is 2.45. The number of rotatable bonds is 2. The van der Waals surface area contributed by atoms with Gasteiger partial charge in [-0.15, -0.1) is 0 Å². The van der Waals surface area contributed by atoms with Crippen molar-refractivity contribution in [2.24, 2.45) is 16.3 Å². The van der Waals surface area contributed by atoms with Crippen molar-refractivity contribution >= 4 is 5.96 Å². The van der Waals surface area contributed by atoms with Gasteiger partial charge in [0.25, 0.3) is 0 Å². The third-order valence-electron chi connectivity index (χ3n) is 2.76. The van der Waals surface area contributed by atoms with E-state index >= 15 is 0 Å². The Kier molecular flexibility index (Phi) is 3.75. The van der Waals surface area contributed by atoms with E-state index in [1.54, 1.807) is 0 Å². The minimum absolute atomic E-state index is 0.462. The van der Waals surface area contributed by atoms with Crippen LogP contribution in [-0.4, -0.2) is 18.5 Å². The summed E-state index contributed by atoms with van der Waals surface area (Å²) in [5.74, 6) is 6.08. The molecule has 14 heavy (non-hydrogen) atoms. The molecule has 82 valence electrons. The van der Waals surface area contributed by atoms with E-state index in [1.807, 2.05) is 6.92 Å². The Bertz CT molecular complexity index is 210. The molecule has 0 aliphatic heterocycles. The van der Waals surface area contributed by atoms with Crippen LogP contribution in [0.4, 0.5) is 0 Å². The van der Waals surface area contributed by atoms with Crippen LogP contribution < -0.4 is 16.6 Å².